The van der Waals surface area contributed by atoms with Crippen molar-refractivity contribution >= 4 is 0 Å². The first-order valence-corrected chi connectivity index (χ1v) is 6.88. The molecule has 0 aromatic rings. The van der Waals surface area contributed by atoms with E-state index in [2.05, 4.69) is 40.4 Å². The molecular formula is C12H29N5. The van der Waals surface area contributed by atoms with Gasteiger partial charge in [-0.3, -0.25) is 0 Å². The summed E-state index contributed by atoms with van der Waals surface area (Å²) in [6, 6.07) is 1.07. The lowest BCUT2D eigenvalue weighted by Gasteiger charge is -2.18. The molecule has 17 heavy (non-hydrogen) atoms. The third kappa shape index (κ3) is 8.51. The Bertz CT molecular complexity index is 158. The Kier molecular flexibility index (Phi) is 8.56. The molecule has 102 valence electrons. The van der Waals surface area contributed by atoms with Crippen LogP contribution in [0.5, 0.6) is 0 Å². The van der Waals surface area contributed by atoms with E-state index in [9.17, 15) is 0 Å². The van der Waals surface area contributed by atoms with E-state index in [4.69, 9.17) is 0 Å². The molecule has 1 heterocycles. The second-order valence-electron chi connectivity index (χ2n) is 4.87. The minimum atomic E-state index is 0.534. The van der Waals surface area contributed by atoms with Crippen LogP contribution in [-0.2, 0) is 0 Å². The lowest BCUT2D eigenvalue weighted by Crippen LogP contribution is -2.44. The lowest BCUT2D eigenvalue weighted by atomic mass is 10.3. The summed E-state index contributed by atoms with van der Waals surface area (Å²) in [5, 5.41) is 17.3. The van der Waals surface area contributed by atoms with Gasteiger partial charge in [0.15, 0.2) is 0 Å². The Balaban J connectivity index is 2.20. The van der Waals surface area contributed by atoms with Gasteiger partial charge >= 0.3 is 0 Å². The second-order valence-corrected chi connectivity index (χ2v) is 4.87. The van der Waals surface area contributed by atoms with Crippen LogP contribution in [-0.4, -0.2) is 64.4 Å². The van der Waals surface area contributed by atoms with Crippen LogP contribution in [0, 0.1) is 0 Å². The fourth-order valence-electron chi connectivity index (χ4n) is 1.90. The molecule has 0 spiro atoms. The Morgan fingerprint density at radius 1 is 0.588 bits per heavy atom. The van der Waals surface area contributed by atoms with Crippen molar-refractivity contribution in [2.75, 3.05) is 52.4 Å². The second kappa shape index (κ2) is 9.79. The first-order chi connectivity index (χ1) is 8.29. The molecule has 2 atom stereocenters. The molecule has 0 amide bonds. The third-order valence-corrected chi connectivity index (χ3v) is 2.97. The summed E-state index contributed by atoms with van der Waals surface area (Å²) in [5.74, 6) is 0. The smallest absolute Gasteiger partial charge is 0.0164 e. The number of hydrogen-bond acceptors (Lipinski definition) is 5. The quantitative estimate of drug-likeness (QED) is 0.367. The van der Waals surface area contributed by atoms with E-state index in [1.165, 1.54) is 0 Å². The SMILES string of the molecule is C[C@H]1CNC[C@H](C)NCCNCCNCCN1. The molecule has 1 rings (SSSR count). The average molecular weight is 243 g/mol. The number of rotatable bonds is 0. The molecule has 0 bridgehead atoms. The third-order valence-electron chi connectivity index (χ3n) is 2.97. The Labute approximate surface area is 105 Å². The monoisotopic (exact) mass is 243 g/mol. The number of hydrogen-bond donors (Lipinski definition) is 5. The fourth-order valence-corrected chi connectivity index (χ4v) is 1.90. The molecule has 5 nitrogen and oxygen atoms in total. The van der Waals surface area contributed by atoms with E-state index >= 15 is 0 Å². The van der Waals surface area contributed by atoms with Crippen molar-refractivity contribution in [2.45, 2.75) is 25.9 Å². The van der Waals surface area contributed by atoms with Crippen LogP contribution in [0.3, 0.4) is 0 Å². The normalized spacial score (nSPS) is 31.4. The zero-order valence-electron chi connectivity index (χ0n) is 11.3. The van der Waals surface area contributed by atoms with Crippen molar-refractivity contribution in [1.29, 1.82) is 0 Å². The van der Waals surface area contributed by atoms with E-state index in [1.807, 2.05) is 0 Å². The van der Waals surface area contributed by atoms with Gasteiger partial charge in [0.25, 0.3) is 0 Å². The van der Waals surface area contributed by atoms with E-state index in [0.717, 1.165) is 52.4 Å². The molecule has 0 radical (unpaired) electrons. The first kappa shape index (κ1) is 14.9. The lowest BCUT2D eigenvalue weighted by molar-refractivity contribution is 0.459. The Hall–Kier alpha value is -0.200. The highest BCUT2D eigenvalue weighted by atomic mass is 15.0. The van der Waals surface area contributed by atoms with Crippen molar-refractivity contribution in [3.8, 4) is 0 Å². The zero-order valence-corrected chi connectivity index (χ0v) is 11.3. The zero-order chi connectivity index (χ0) is 12.3. The van der Waals surface area contributed by atoms with Crippen molar-refractivity contribution in [1.82, 2.24) is 26.6 Å². The maximum atomic E-state index is 3.50. The minimum absolute atomic E-state index is 0.534. The van der Waals surface area contributed by atoms with E-state index in [1.54, 1.807) is 0 Å². The van der Waals surface area contributed by atoms with E-state index in [0.29, 0.717) is 12.1 Å². The predicted octanol–water partition coefficient (Wildman–Crippen LogP) is -1.27. The van der Waals surface area contributed by atoms with Crippen LogP contribution in [0.25, 0.3) is 0 Å². The van der Waals surface area contributed by atoms with E-state index < -0.39 is 0 Å². The van der Waals surface area contributed by atoms with Gasteiger partial charge in [-0.05, 0) is 13.8 Å². The van der Waals surface area contributed by atoms with E-state index in [-0.39, 0.29) is 0 Å². The molecule has 1 fully saturated rings. The van der Waals surface area contributed by atoms with Crippen LogP contribution in [0.1, 0.15) is 13.8 Å². The molecule has 0 unspecified atom stereocenters. The maximum Gasteiger partial charge on any atom is 0.0164 e. The van der Waals surface area contributed by atoms with Gasteiger partial charge in [-0.1, -0.05) is 0 Å². The molecule has 1 aliphatic heterocycles. The summed E-state index contributed by atoms with van der Waals surface area (Å²) in [5.41, 5.74) is 0. The summed E-state index contributed by atoms with van der Waals surface area (Å²) in [6.45, 7) is 12.8. The maximum absolute atomic E-state index is 3.50. The topological polar surface area (TPSA) is 60.1 Å². The van der Waals surface area contributed by atoms with Gasteiger partial charge in [-0.2, -0.15) is 0 Å². The number of nitrogens with one attached hydrogen (secondary N) is 5. The largest absolute Gasteiger partial charge is 0.314 e. The first-order valence-electron chi connectivity index (χ1n) is 6.88. The predicted molar refractivity (Wildman–Crippen MR) is 73.5 cm³/mol. The molecule has 1 aliphatic rings. The molecule has 0 aliphatic carbocycles. The highest BCUT2D eigenvalue weighted by molar-refractivity contribution is 4.70. The van der Waals surface area contributed by atoms with Crippen molar-refractivity contribution < 1.29 is 0 Å². The standard InChI is InChI=1S/C12H29N5/c1-11-9-15-10-12(2)17-8-6-14-4-3-13-5-7-16-11/h11-17H,3-10H2,1-2H3/t11-,12-/m0/s1. The highest BCUT2D eigenvalue weighted by Gasteiger charge is 2.03. The average Bonchev–Trinajstić information content (AvgIpc) is 2.31. The van der Waals surface area contributed by atoms with Crippen molar-refractivity contribution in [2.24, 2.45) is 0 Å². The summed E-state index contributed by atoms with van der Waals surface area (Å²) in [6.07, 6.45) is 0. The summed E-state index contributed by atoms with van der Waals surface area (Å²) in [4.78, 5) is 0. The summed E-state index contributed by atoms with van der Waals surface area (Å²) < 4.78 is 0. The molecular weight excluding hydrogens is 214 g/mol. The Morgan fingerprint density at radius 2 is 1.00 bits per heavy atom. The fraction of sp³-hybridized carbons (Fsp3) is 1.00. The van der Waals surface area contributed by atoms with Gasteiger partial charge in [0.05, 0.1) is 0 Å². The summed E-state index contributed by atoms with van der Waals surface area (Å²) >= 11 is 0. The van der Waals surface area contributed by atoms with Gasteiger partial charge in [0, 0.05) is 64.4 Å². The van der Waals surface area contributed by atoms with Crippen LogP contribution in [0.2, 0.25) is 0 Å². The van der Waals surface area contributed by atoms with Crippen LogP contribution < -0.4 is 26.6 Å². The van der Waals surface area contributed by atoms with Crippen LogP contribution in [0.15, 0.2) is 0 Å². The van der Waals surface area contributed by atoms with Crippen molar-refractivity contribution in [3.63, 3.8) is 0 Å². The minimum Gasteiger partial charge on any atom is -0.314 e. The molecule has 0 aromatic carbocycles. The summed E-state index contributed by atoms with van der Waals surface area (Å²) in [7, 11) is 0. The highest BCUT2D eigenvalue weighted by Crippen LogP contribution is 1.81. The van der Waals surface area contributed by atoms with Crippen molar-refractivity contribution in [3.05, 3.63) is 0 Å². The molecule has 0 aromatic heterocycles. The molecule has 1 saturated heterocycles. The molecule has 0 saturated carbocycles. The van der Waals surface area contributed by atoms with Crippen LogP contribution in [0.4, 0.5) is 0 Å². The van der Waals surface area contributed by atoms with Crippen LogP contribution >= 0.6 is 0 Å². The van der Waals surface area contributed by atoms with Gasteiger partial charge < -0.3 is 26.6 Å². The van der Waals surface area contributed by atoms with Gasteiger partial charge in [-0.25, -0.2) is 0 Å². The Morgan fingerprint density at radius 3 is 1.47 bits per heavy atom. The molecule has 5 N–H and O–H groups in total. The van der Waals surface area contributed by atoms with Gasteiger partial charge in [-0.15, -0.1) is 0 Å². The van der Waals surface area contributed by atoms with Gasteiger partial charge in [0.1, 0.15) is 0 Å². The van der Waals surface area contributed by atoms with Gasteiger partial charge in [0.2, 0.25) is 0 Å². The molecule has 5 heteroatoms.